The number of carbonyl (C=O) groups is 1. The van der Waals surface area contributed by atoms with E-state index < -0.39 is 10.1 Å². The summed E-state index contributed by atoms with van der Waals surface area (Å²) in [6, 6.07) is 10.0. The molecular formula is C19H21NO4S. The number of aryl methyl sites for hydroxylation is 2. The normalized spacial score (nSPS) is 14.8. The van der Waals surface area contributed by atoms with Crippen LogP contribution in [0.1, 0.15) is 29.5 Å². The van der Waals surface area contributed by atoms with E-state index in [9.17, 15) is 13.2 Å². The van der Waals surface area contributed by atoms with Crippen molar-refractivity contribution < 1.29 is 17.4 Å². The fraction of sp³-hybridized carbons (Fsp3) is 0.316. The molecule has 0 bridgehead atoms. The molecule has 5 nitrogen and oxygen atoms in total. The summed E-state index contributed by atoms with van der Waals surface area (Å²) >= 11 is 0. The van der Waals surface area contributed by atoms with E-state index in [4.69, 9.17) is 4.18 Å². The quantitative estimate of drug-likeness (QED) is 0.784. The molecule has 2 aromatic carbocycles. The zero-order valence-electron chi connectivity index (χ0n) is 14.6. The van der Waals surface area contributed by atoms with Crippen molar-refractivity contribution >= 4 is 21.7 Å². The number of carbonyl (C=O) groups excluding carboxylic acids is 1. The van der Waals surface area contributed by atoms with Crippen molar-refractivity contribution in [2.45, 2.75) is 38.5 Å². The summed E-state index contributed by atoms with van der Waals surface area (Å²) in [5.74, 6) is 0.441. The van der Waals surface area contributed by atoms with Crippen LogP contribution in [0.15, 0.2) is 41.3 Å². The van der Waals surface area contributed by atoms with E-state index in [1.54, 1.807) is 17.0 Å². The van der Waals surface area contributed by atoms with E-state index >= 15 is 0 Å². The number of hydrogen-bond donors (Lipinski definition) is 0. The van der Waals surface area contributed by atoms with Gasteiger partial charge in [0.15, 0.2) is 0 Å². The van der Waals surface area contributed by atoms with Crippen LogP contribution >= 0.6 is 0 Å². The minimum atomic E-state index is -3.93. The van der Waals surface area contributed by atoms with Gasteiger partial charge in [-0.05, 0) is 68.1 Å². The first-order chi connectivity index (χ1) is 11.8. The van der Waals surface area contributed by atoms with Crippen molar-refractivity contribution in [2.24, 2.45) is 0 Å². The molecule has 0 aromatic heterocycles. The Morgan fingerprint density at radius 2 is 1.60 bits per heavy atom. The summed E-state index contributed by atoms with van der Waals surface area (Å²) < 4.78 is 30.6. The van der Waals surface area contributed by atoms with Crippen LogP contribution in [0.2, 0.25) is 0 Å². The number of nitrogens with zero attached hydrogens (tertiary/aromatic N) is 1. The molecule has 1 saturated heterocycles. The van der Waals surface area contributed by atoms with Gasteiger partial charge in [-0.25, -0.2) is 0 Å². The van der Waals surface area contributed by atoms with Crippen LogP contribution in [0.3, 0.4) is 0 Å². The SMILES string of the molecule is Cc1ccc(C)c(OS(=O)(=O)c2ccc(N3CCCC3=O)cc2)c1C. The van der Waals surface area contributed by atoms with E-state index in [0.717, 1.165) is 23.1 Å². The molecule has 0 radical (unpaired) electrons. The Balaban J connectivity index is 1.88. The van der Waals surface area contributed by atoms with Crippen LogP contribution in [-0.4, -0.2) is 20.9 Å². The average Bonchev–Trinajstić information content (AvgIpc) is 3.01. The van der Waals surface area contributed by atoms with Crippen molar-refractivity contribution in [3.63, 3.8) is 0 Å². The summed E-state index contributed by atoms with van der Waals surface area (Å²) in [5, 5.41) is 0. The van der Waals surface area contributed by atoms with Gasteiger partial charge < -0.3 is 9.08 Å². The van der Waals surface area contributed by atoms with Crippen LogP contribution in [0.25, 0.3) is 0 Å². The molecule has 2 aromatic rings. The van der Waals surface area contributed by atoms with Gasteiger partial charge in [-0.1, -0.05) is 12.1 Å². The zero-order valence-corrected chi connectivity index (χ0v) is 15.4. The molecule has 1 heterocycles. The molecule has 0 N–H and O–H groups in total. The Hall–Kier alpha value is -2.34. The van der Waals surface area contributed by atoms with Gasteiger partial charge in [0.2, 0.25) is 5.91 Å². The highest BCUT2D eigenvalue weighted by Gasteiger charge is 2.23. The molecule has 1 amide bonds. The molecule has 0 saturated carbocycles. The van der Waals surface area contributed by atoms with Crippen LogP contribution in [0, 0.1) is 20.8 Å². The molecular weight excluding hydrogens is 338 g/mol. The van der Waals surface area contributed by atoms with E-state index in [1.165, 1.54) is 12.1 Å². The second-order valence-electron chi connectivity index (χ2n) is 6.33. The standard InChI is InChI=1S/C19H21NO4S/c1-13-6-7-14(2)19(15(13)3)24-25(22,23)17-10-8-16(9-11-17)20-12-4-5-18(20)21/h6-11H,4-5,12H2,1-3H3. The number of rotatable bonds is 4. The number of amides is 1. The average molecular weight is 359 g/mol. The monoisotopic (exact) mass is 359 g/mol. The van der Waals surface area contributed by atoms with Gasteiger partial charge in [0.05, 0.1) is 0 Å². The third kappa shape index (κ3) is 3.39. The van der Waals surface area contributed by atoms with E-state index in [1.807, 2.05) is 32.9 Å². The first kappa shape index (κ1) is 17.5. The lowest BCUT2D eigenvalue weighted by Gasteiger charge is -2.17. The van der Waals surface area contributed by atoms with Gasteiger partial charge in [0, 0.05) is 18.7 Å². The predicted molar refractivity (Wildman–Crippen MR) is 96.5 cm³/mol. The van der Waals surface area contributed by atoms with Gasteiger partial charge >= 0.3 is 10.1 Å². The first-order valence-corrected chi connectivity index (χ1v) is 9.62. The van der Waals surface area contributed by atoms with Crippen molar-refractivity contribution in [1.29, 1.82) is 0 Å². The highest BCUT2D eigenvalue weighted by Crippen LogP contribution is 2.30. The van der Waals surface area contributed by atoms with Crippen LogP contribution < -0.4 is 9.08 Å². The summed E-state index contributed by atoms with van der Waals surface area (Å²) in [4.78, 5) is 13.5. The molecule has 132 valence electrons. The van der Waals surface area contributed by atoms with Crippen molar-refractivity contribution in [3.8, 4) is 5.75 Å². The van der Waals surface area contributed by atoms with Crippen molar-refractivity contribution in [1.82, 2.24) is 0 Å². The van der Waals surface area contributed by atoms with Gasteiger partial charge in [0.1, 0.15) is 10.6 Å². The fourth-order valence-corrected chi connectivity index (χ4v) is 3.97. The molecule has 1 fully saturated rings. The smallest absolute Gasteiger partial charge is 0.339 e. The molecule has 3 rings (SSSR count). The Morgan fingerprint density at radius 3 is 2.20 bits per heavy atom. The lowest BCUT2D eigenvalue weighted by molar-refractivity contribution is -0.117. The Labute approximate surface area is 148 Å². The Bertz CT molecular complexity index is 917. The largest absolute Gasteiger partial charge is 0.378 e. The number of benzene rings is 2. The summed E-state index contributed by atoms with van der Waals surface area (Å²) in [6.45, 7) is 6.24. The second-order valence-corrected chi connectivity index (χ2v) is 7.88. The predicted octanol–water partition coefficient (Wildman–Crippen LogP) is 3.51. The lowest BCUT2D eigenvalue weighted by Crippen LogP contribution is -2.23. The Morgan fingerprint density at radius 1 is 0.960 bits per heavy atom. The van der Waals surface area contributed by atoms with Crippen LogP contribution in [-0.2, 0) is 14.9 Å². The van der Waals surface area contributed by atoms with Crippen molar-refractivity contribution in [2.75, 3.05) is 11.4 Å². The molecule has 25 heavy (non-hydrogen) atoms. The summed E-state index contributed by atoms with van der Waals surface area (Å²) in [7, 11) is -3.93. The molecule has 0 unspecified atom stereocenters. The molecule has 1 aliphatic rings. The highest BCUT2D eigenvalue weighted by molar-refractivity contribution is 7.87. The highest BCUT2D eigenvalue weighted by atomic mass is 32.2. The summed E-state index contributed by atoms with van der Waals surface area (Å²) in [6.07, 6.45) is 1.36. The minimum absolute atomic E-state index is 0.0675. The minimum Gasteiger partial charge on any atom is -0.378 e. The lowest BCUT2D eigenvalue weighted by atomic mass is 10.1. The van der Waals surface area contributed by atoms with Gasteiger partial charge in [0.25, 0.3) is 0 Å². The maximum atomic E-state index is 12.6. The van der Waals surface area contributed by atoms with Crippen molar-refractivity contribution in [3.05, 3.63) is 53.1 Å². The summed E-state index contributed by atoms with van der Waals surface area (Å²) in [5.41, 5.74) is 3.26. The molecule has 0 atom stereocenters. The maximum absolute atomic E-state index is 12.6. The third-order valence-corrected chi connectivity index (χ3v) is 5.81. The second kappa shape index (κ2) is 6.52. The third-order valence-electron chi connectivity index (χ3n) is 4.58. The van der Waals surface area contributed by atoms with Gasteiger partial charge in [-0.15, -0.1) is 0 Å². The maximum Gasteiger partial charge on any atom is 0.339 e. The number of hydrogen-bond acceptors (Lipinski definition) is 4. The molecule has 6 heteroatoms. The molecule has 0 spiro atoms. The molecule has 1 aliphatic heterocycles. The van der Waals surface area contributed by atoms with Crippen LogP contribution in [0.4, 0.5) is 5.69 Å². The Kier molecular flexibility index (Phi) is 4.56. The number of anilines is 1. The van der Waals surface area contributed by atoms with Gasteiger partial charge in [-0.2, -0.15) is 8.42 Å². The first-order valence-electron chi connectivity index (χ1n) is 8.21. The van der Waals surface area contributed by atoms with Crippen LogP contribution in [0.5, 0.6) is 5.75 Å². The van der Waals surface area contributed by atoms with E-state index in [0.29, 0.717) is 24.4 Å². The van der Waals surface area contributed by atoms with E-state index in [-0.39, 0.29) is 10.8 Å². The zero-order chi connectivity index (χ0) is 18.2. The van der Waals surface area contributed by atoms with E-state index in [2.05, 4.69) is 0 Å². The van der Waals surface area contributed by atoms with Gasteiger partial charge in [-0.3, -0.25) is 4.79 Å². The molecule has 0 aliphatic carbocycles. The topological polar surface area (TPSA) is 63.7 Å². The fourth-order valence-electron chi connectivity index (χ4n) is 2.93.